The van der Waals surface area contributed by atoms with Crippen molar-refractivity contribution in [3.63, 3.8) is 0 Å². The molecular formula is C14H17N3O2S. The van der Waals surface area contributed by atoms with Crippen molar-refractivity contribution in [3.8, 4) is 0 Å². The van der Waals surface area contributed by atoms with Crippen molar-refractivity contribution in [2.75, 3.05) is 25.4 Å². The van der Waals surface area contributed by atoms with E-state index in [9.17, 15) is 4.79 Å². The molecule has 0 unspecified atom stereocenters. The molecule has 106 valence electrons. The summed E-state index contributed by atoms with van der Waals surface area (Å²) >= 11 is 1.40. The van der Waals surface area contributed by atoms with E-state index in [-0.39, 0.29) is 12.5 Å². The number of carbonyl (C=O) groups is 1. The van der Waals surface area contributed by atoms with Crippen LogP contribution >= 0.6 is 11.3 Å². The van der Waals surface area contributed by atoms with Gasteiger partial charge in [0.2, 0.25) is 0 Å². The fraction of sp³-hybridized carbons (Fsp3) is 0.429. The highest BCUT2D eigenvalue weighted by Gasteiger charge is 2.23. The van der Waals surface area contributed by atoms with Gasteiger partial charge < -0.3 is 15.7 Å². The first-order valence-corrected chi connectivity index (χ1v) is 7.55. The summed E-state index contributed by atoms with van der Waals surface area (Å²) in [6, 6.07) is 5.52. The van der Waals surface area contributed by atoms with E-state index in [1.165, 1.54) is 11.3 Å². The van der Waals surface area contributed by atoms with Crippen LogP contribution in [0.1, 0.15) is 23.2 Å². The number of amides is 1. The predicted molar refractivity (Wildman–Crippen MR) is 79.7 cm³/mol. The second kappa shape index (κ2) is 5.38. The molecule has 0 aliphatic carbocycles. The van der Waals surface area contributed by atoms with Gasteiger partial charge in [0.15, 0.2) is 5.13 Å². The van der Waals surface area contributed by atoms with Gasteiger partial charge in [-0.15, -0.1) is 0 Å². The van der Waals surface area contributed by atoms with Crippen LogP contribution < -0.4 is 5.73 Å². The van der Waals surface area contributed by atoms with E-state index in [1.54, 1.807) is 0 Å². The summed E-state index contributed by atoms with van der Waals surface area (Å²) in [5.41, 5.74) is 7.20. The molecular weight excluding hydrogens is 274 g/mol. The van der Waals surface area contributed by atoms with Gasteiger partial charge in [-0.1, -0.05) is 11.3 Å². The standard InChI is InChI=1S/C14H17N3O2S/c15-14-16-11-2-1-10(7-12(11)20-14)13(19)17-5-3-9(8-18)4-6-17/h1-2,7,9,18H,3-6,8H2,(H2,15,16). The van der Waals surface area contributed by atoms with Gasteiger partial charge in [0.05, 0.1) is 10.2 Å². The quantitative estimate of drug-likeness (QED) is 0.883. The number of piperidine rings is 1. The number of aliphatic hydroxyl groups excluding tert-OH is 1. The minimum atomic E-state index is 0.0512. The molecule has 2 aromatic rings. The molecule has 1 aromatic heterocycles. The van der Waals surface area contributed by atoms with Gasteiger partial charge in [-0.2, -0.15) is 0 Å². The molecule has 1 aliphatic heterocycles. The first-order chi connectivity index (χ1) is 9.67. The lowest BCUT2D eigenvalue weighted by atomic mass is 9.97. The van der Waals surface area contributed by atoms with Crippen molar-refractivity contribution in [2.24, 2.45) is 5.92 Å². The number of benzene rings is 1. The van der Waals surface area contributed by atoms with Gasteiger partial charge in [0.25, 0.3) is 5.91 Å². The zero-order chi connectivity index (χ0) is 14.1. The van der Waals surface area contributed by atoms with Gasteiger partial charge in [-0.25, -0.2) is 4.98 Å². The molecule has 0 atom stereocenters. The molecule has 6 heteroatoms. The van der Waals surface area contributed by atoms with E-state index in [0.29, 0.717) is 29.7 Å². The molecule has 0 radical (unpaired) electrons. The van der Waals surface area contributed by atoms with E-state index in [2.05, 4.69) is 4.98 Å². The second-order valence-electron chi connectivity index (χ2n) is 5.15. The molecule has 1 aliphatic rings. The molecule has 1 aromatic carbocycles. The number of likely N-dealkylation sites (tertiary alicyclic amines) is 1. The molecule has 0 bridgehead atoms. The Morgan fingerprint density at radius 1 is 1.45 bits per heavy atom. The second-order valence-corrected chi connectivity index (χ2v) is 6.21. The maximum Gasteiger partial charge on any atom is 0.253 e. The summed E-state index contributed by atoms with van der Waals surface area (Å²) in [6.45, 7) is 1.65. The Bertz CT molecular complexity index is 632. The molecule has 0 spiro atoms. The van der Waals surface area contributed by atoms with Gasteiger partial charge in [0.1, 0.15) is 0 Å². The minimum absolute atomic E-state index is 0.0512. The third-order valence-electron chi connectivity index (χ3n) is 3.81. The summed E-state index contributed by atoms with van der Waals surface area (Å²) in [5, 5.41) is 9.65. The largest absolute Gasteiger partial charge is 0.396 e. The summed E-state index contributed by atoms with van der Waals surface area (Å²) < 4.78 is 0.943. The number of fused-ring (bicyclic) bond motifs is 1. The third kappa shape index (κ3) is 2.48. The zero-order valence-corrected chi connectivity index (χ0v) is 11.9. The molecule has 1 fully saturated rings. The number of anilines is 1. The van der Waals surface area contributed by atoms with Gasteiger partial charge >= 0.3 is 0 Å². The number of nitrogens with zero attached hydrogens (tertiary/aromatic N) is 2. The van der Waals surface area contributed by atoms with Crippen LogP contribution in [-0.4, -0.2) is 40.6 Å². The molecule has 1 saturated heterocycles. The smallest absolute Gasteiger partial charge is 0.253 e. The van der Waals surface area contributed by atoms with E-state index in [1.807, 2.05) is 23.1 Å². The monoisotopic (exact) mass is 291 g/mol. The highest BCUT2D eigenvalue weighted by atomic mass is 32.1. The van der Waals surface area contributed by atoms with Crippen LogP contribution in [-0.2, 0) is 0 Å². The Hall–Kier alpha value is -1.66. The van der Waals surface area contributed by atoms with Crippen LogP contribution in [0.25, 0.3) is 10.2 Å². The summed E-state index contributed by atoms with van der Waals surface area (Å²) in [5.74, 6) is 0.387. The number of aliphatic hydroxyl groups is 1. The normalized spacial score (nSPS) is 16.8. The van der Waals surface area contributed by atoms with Crippen LogP contribution in [0.4, 0.5) is 5.13 Å². The highest BCUT2D eigenvalue weighted by molar-refractivity contribution is 7.22. The van der Waals surface area contributed by atoms with E-state index < -0.39 is 0 Å². The van der Waals surface area contributed by atoms with Crippen LogP contribution in [0.2, 0.25) is 0 Å². The number of carbonyl (C=O) groups excluding carboxylic acids is 1. The molecule has 3 rings (SSSR count). The fourth-order valence-corrected chi connectivity index (χ4v) is 3.35. The molecule has 3 N–H and O–H groups in total. The van der Waals surface area contributed by atoms with E-state index >= 15 is 0 Å². The van der Waals surface area contributed by atoms with Gasteiger partial charge in [-0.05, 0) is 37.0 Å². The lowest BCUT2D eigenvalue weighted by Gasteiger charge is -2.31. The SMILES string of the molecule is Nc1nc2ccc(C(=O)N3CCC(CO)CC3)cc2s1. The molecule has 20 heavy (non-hydrogen) atoms. The topological polar surface area (TPSA) is 79.5 Å². The van der Waals surface area contributed by atoms with Crippen molar-refractivity contribution in [3.05, 3.63) is 23.8 Å². The van der Waals surface area contributed by atoms with Crippen molar-refractivity contribution >= 4 is 32.6 Å². The van der Waals surface area contributed by atoms with E-state index in [4.69, 9.17) is 10.8 Å². The molecule has 1 amide bonds. The highest BCUT2D eigenvalue weighted by Crippen LogP contribution is 2.26. The van der Waals surface area contributed by atoms with Crippen LogP contribution in [0.15, 0.2) is 18.2 Å². The Labute approximate surface area is 121 Å². The van der Waals surface area contributed by atoms with Crippen LogP contribution in [0.5, 0.6) is 0 Å². The average Bonchev–Trinajstić information content (AvgIpc) is 2.85. The van der Waals surface area contributed by atoms with Gasteiger partial charge in [-0.3, -0.25) is 4.79 Å². The Balaban J connectivity index is 1.78. The van der Waals surface area contributed by atoms with Crippen LogP contribution in [0, 0.1) is 5.92 Å². The van der Waals surface area contributed by atoms with Crippen molar-refractivity contribution in [2.45, 2.75) is 12.8 Å². The van der Waals surface area contributed by atoms with E-state index in [0.717, 1.165) is 23.1 Å². The molecule has 2 heterocycles. The lowest BCUT2D eigenvalue weighted by Crippen LogP contribution is -2.39. The van der Waals surface area contributed by atoms with Gasteiger partial charge in [0, 0.05) is 25.3 Å². The summed E-state index contributed by atoms with van der Waals surface area (Å²) in [7, 11) is 0. The Morgan fingerprint density at radius 2 is 2.20 bits per heavy atom. The lowest BCUT2D eigenvalue weighted by molar-refractivity contribution is 0.0651. The third-order valence-corrected chi connectivity index (χ3v) is 4.66. The molecule has 5 nitrogen and oxygen atoms in total. The van der Waals surface area contributed by atoms with Crippen molar-refractivity contribution < 1.29 is 9.90 Å². The molecule has 0 saturated carbocycles. The minimum Gasteiger partial charge on any atom is -0.396 e. The maximum absolute atomic E-state index is 12.5. The zero-order valence-electron chi connectivity index (χ0n) is 11.1. The van der Waals surface area contributed by atoms with Crippen molar-refractivity contribution in [1.82, 2.24) is 9.88 Å². The number of rotatable bonds is 2. The Kier molecular flexibility index (Phi) is 3.58. The number of thiazole rings is 1. The number of nitrogens with two attached hydrogens (primary N) is 1. The van der Waals surface area contributed by atoms with Crippen LogP contribution in [0.3, 0.4) is 0 Å². The number of hydrogen-bond donors (Lipinski definition) is 2. The summed E-state index contributed by atoms with van der Waals surface area (Å²) in [4.78, 5) is 18.5. The number of hydrogen-bond acceptors (Lipinski definition) is 5. The van der Waals surface area contributed by atoms with Crippen molar-refractivity contribution in [1.29, 1.82) is 0 Å². The predicted octanol–water partition coefficient (Wildman–Crippen LogP) is 1.72. The average molecular weight is 291 g/mol. The maximum atomic E-state index is 12.5. The fourth-order valence-electron chi connectivity index (χ4n) is 2.58. The number of aromatic nitrogens is 1. The first-order valence-electron chi connectivity index (χ1n) is 6.73. The Morgan fingerprint density at radius 3 is 2.90 bits per heavy atom. The first kappa shape index (κ1) is 13.3. The number of nitrogen functional groups attached to an aromatic ring is 1. The summed E-state index contributed by atoms with van der Waals surface area (Å²) in [6.07, 6.45) is 1.75.